The van der Waals surface area contributed by atoms with Crippen LogP contribution in [0, 0.1) is 0 Å². The highest BCUT2D eigenvalue weighted by Crippen LogP contribution is 2.35. The van der Waals surface area contributed by atoms with Gasteiger partial charge >= 0.3 is 0 Å². The lowest BCUT2D eigenvalue weighted by molar-refractivity contribution is 0.0955. The molecule has 1 N–H and O–H groups in total. The predicted molar refractivity (Wildman–Crippen MR) is 98.5 cm³/mol. The van der Waals surface area contributed by atoms with Crippen LogP contribution in [0.15, 0.2) is 58.3 Å². The molecule has 126 valence electrons. The van der Waals surface area contributed by atoms with Crippen LogP contribution in [0.1, 0.15) is 16.1 Å². The van der Waals surface area contributed by atoms with Crippen LogP contribution in [0.3, 0.4) is 0 Å². The number of aromatic nitrogens is 1. The average molecular weight is 395 g/mol. The van der Waals surface area contributed by atoms with Gasteiger partial charge in [0.05, 0.1) is 26.8 Å². The van der Waals surface area contributed by atoms with E-state index in [1.165, 1.54) is 12.4 Å². The maximum absolute atomic E-state index is 11.8. The van der Waals surface area contributed by atoms with Crippen LogP contribution in [0.25, 0.3) is 11.3 Å². The minimum atomic E-state index is -0.372. The Hall–Kier alpha value is -2.34. The van der Waals surface area contributed by atoms with E-state index in [1.807, 2.05) is 0 Å². The molecule has 0 unspecified atom stereocenters. The molecule has 0 aliphatic carbocycles. The van der Waals surface area contributed by atoms with Crippen LogP contribution in [-0.2, 0) is 0 Å². The fraction of sp³-hybridized carbons (Fsp3) is 0. The Labute approximate surface area is 158 Å². The Kier molecular flexibility index (Phi) is 5.38. The van der Waals surface area contributed by atoms with Crippen LogP contribution >= 0.6 is 34.8 Å². The number of hydrogen-bond acceptors (Lipinski definition) is 4. The second-order valence-corrected chi connectivity index (χ2v) is 6.11. The first kappa shape index (κ1) is 17.5. The van der Waals surface area contributed by atoms with Gasteiger partial charge in [0, 0.05) is 18.0 Å². The van der Waals surface area contributed by atoms with Gasteiger partial charge in [-0.05, 0) is 36.4 Å². The minimum absolute atomic E-state index is 0.363. The van der Waals surface area contributed by atoms with Crippen LogP contribution < -0.4 is 5.43 Å². The molecule has 0 aliphatic heterocycles. The molecular weight excluding hydrogens is 385 g/mol. The van der Waals surface area contributed by atoms with Crippen LogP contribution in [0.5, 0.6) is 0 Å². The number of carbonyl (C=O) groups is 1. The van der Waals surface area contributed by atoms with Crippen molar-refractivity contribution in [1.82, 2.24) is 10.4 Å². The summed E-state index contributed by atoms with van der Waals surface area (Å²) in [6.07, 6.45) is 4.41. The Morgan fingerprint density at radius 2 is 1.92 bits per heavy atom. The Morgan fingerprint density at radius 1 is 1.12 bits per heavy atom. The number of carbonyl (C=O) groups excluding carboxylic acids is 1. The molecule has 0 saturated heterocycles. The van der Waals surface area contributed by atoms with E-state index < -0.39 is 0 Å². The molecular formula is C17H10Cl3N3O2. The summed E-state index contributed by atoms with van der Waals surface area (Å²) in [7, 11) is 0. The van der Waals surface area contributed by atoms with Gasteiger partial charge in [-0.25, -0.2) is 5.43 Å². The molecule has 0 aliphatic rings. The zero-order valence-electron chi connectivity index (χ0n) is 12.5. The number of halogens is 3. The number of hydrazone groups is 1. The summed E-state index contributed by atoms with van der Waals surface area (Å²) in [6, 6.07) is 9.87. The summed E-state index contributed by atoms with van der Waals surface area (Å²) < 4.78 is 5.63. The van der Waals surface area contributed by atoms with E-state index >= 15 is 0 Å². The summed E-state index contributed by atoms with van der Waals surface area (Å²) >= 11 is 18.1. The molecule has 2 aromatic heterocycles. The highest BCUT2D eigenvalue weighted by atomic mass is 35.5. The molecule has 1 amide bonds. The van der Waals surface area contributed by atoms with E-state index in [2.05, 4.69) is 15.5 Å². The van der Waals surface area contributed by atoms with Gasteiger partial charge in [0.25, 0.3) is 5.91 Å². The van der Waals surface area contributed by atoms with Gasteiger partial charge in [0.2, 0.25) is 0 Å². The maximum Gasteiger partial charge on any atom is 0.272 e. The standard InChI is InChI=1S/C17H10Cl3N3O2/c18-13-7-15(20)14(19)6-12(13)16-4-3-11(25-16)9-22-23-17(24)10-2-1-5-21-8-10/h1-9H,(H,23,24)/b22-9+. The third kappa shape index (κ3) is 4.20. The summed E-state index contributed by atoms with van der Waals surface area (Å²) in [6.45, 7) is 0. The first-order valence-corrected chi connectivity index (χ1v) is 8.16. The molecule has 25 heavy (non-hydrogen) atoms. The second kappa shape index (κ2) is 7.70. The Morgan fingerprint density at radius 3 is 2.68 bits per heavy atom. The van der Waals surface area contributed by atoms with Gasteiger partial charge in [0.1, 0.15) is 11.5 Å². The number of rotatable bonds is 4. The lowest BCUT2D eigenvalue weighted by Crippen LogP contribution is -2.17. The highest BCUT2D eigenvalue weighted by Gasteiger charge is 2.11. The average Bonchev–Trinajstić information content (AvgIpc) is 3.07. The number of hydrogen-bond donors (Lipinski definition) is 1. The molecule has 0 spiro atoms. The lowest BCUT2D eigenvalue weighted by atomic mass is 10.2. The molecule has 5 nitrogen and oxygen atoms in total. The van der Waals surface area contributed by atoms with Crippen molar-refractivity contribution in [2.45, 2.75) is 0 Å². The molecule has 0 bridgehead atoms. The third-order valence-electron chi connectivity index (χ3n) is 3.18. The largest absolute Gasteiger partial charge is 0.455 e. The number of nitrogens with zero attached hydrogens (tertiary/aromatic N) is 2. The summed E-state index contributed by atoms with van der Waals surface area (Å²) in [5.41, 5.74) is 3.40. The number of pyridine rings is 1. The van der Waals surface area contributed by atoms with E-state index in [0.717, 1.165) is 0 Å². The molecule has 3 rings (SSSR count). The first-order chi connectivity index (χ1) is 12.0. The van der Waals surface area contributed by atoms with E-state index in [4.69, 9.17) is 39.2 Å². The monoisotopic (exact) mass is 393 g/mol. The van der Waals surface area contributed by atoms with Gasteiger partial charge in [0.15, 0.2) is 0 Å². The van der Waals surface area contributed by atoms with Crippen molar-refractivity contribution in [2.24, 2.45) is 5.10 Å². The lowest BCUT2D eigenvalue weighted by Gasteiger charge is -2.03. The number of benzene rings is 1. The zero-order chi connectivity index (χ0) is 17.8. The quantitative estimate of drug-likeness (QED) is 0.382. The SMILES string of the molecule is O=C(N/N=C/c1ccc(-c2cc(Cl)c(Cl)cc2Cl)o1)c1cccnc1. The smallest absolute Gasteiger partial charge is 0.272 e. The van der Waals surface area contributed by atoms with Crippen molar-refractivity contribution < 1.29 is 9.21 Å². The molecule has 0 radical (unpaired) electrons. The van der Waals surface area contributed by atoms with Crippen LogP contribution in [0.4, 0.5) is 0 Å². The number of furan rings is 1. The summed E-state index contributed by atoms with van der Waals surface area (Å²) in [4.78, 5) is 15.7. The van der Waals surface area contributed by atoms with Crippen molar-refractivity contribution in [3.63, 3.8) is 0 Å². The Balaban J connectivity index is 1.72. The molecule has 0 atom stereocenters. The zero-order valence-corrected chi connectivity index (χ0v) is 14.8. The van der Waals surface area contributed by atoms with Gasteiger partial charge in [-0.3, -0.25) is 9.78 Å². The van der Waals surface area contributed by atoms with E-state index in [1.54, 1.807) is 42.6 Å². The van der Waals surface area contributed by atoms with Crippen molar-refractivity contribution >= 4 is 46.9 Å². The predicted octanol–water partition coefficient (Wildman–Crippen LogP) is 5.07. The molecule has 3 aromatic rings. The van der Waals surface area contributed by atoms with Crippen molar-refractivity contribution in [1.29, 1.82) is 0 Å². The fourth-order valence-corrected chi connectivity index (χ4v) is 2.63. The van der Waals surface area contributed by atoms with Crippen molar-refractivity contribution in [3.8, 4) is 11.3 Å². The molecule has 8 heteroatoms. The van der Waals surface area contributed by atoms with Crippen molar-refractivity contribution in [2.75, 3.05) is 0 Å². The fourth-order valence-electron chi connectivity index (χ4n) is 1.99. The topological polar surface area (TPSA) is 67.5 Å². The van der Waals surface area contributed by atoms with E-state index in [9.17, 15) is 4.79 Å². The normalized spacial score (nSPS) is 11.0. The molecule has 2 heterocycles. The highest BCUT2D eigenvalue weighted by molar-refractivity contribution is 6.44. The number of amides is 1. The maximum atomic E-state index is 11.8. The van der Waals surface area contributed by atoms with Crippen molar-refractivity contribution in [3.05, 3.63) is 75.2 Å². The first-order valence-electron chi connectivity index (χ1n) is 7.03. The molecule has 0 fully saturated rings. The van der Waals surface area contributed by atoms with Gasteiger partial charge < -0.3 is 4.42 Å². The van der Waals surface area contributed by atoms with E-state index in [0.29, 0.717) is 37.7 Å². The van der Waals surface area contributed by atoms with Crippen LogP contribution in [-0.4, -0.2) is 17.1 Å². The summed E-state index contributed by atoms with van der Waals surface area (Å²) in [5, 5.41) is 5.00. The Bertz CT molecular complexity index is 940. The second-order valence-electron chi connectivity index (χ2n) is 4.89. The third-order valence-corrected chi connectivity index (χ3v) is 4.22. The molecule has 0 saturated carbocycles. The molecule has 1 aromatic carbocycles. The summed E-state index contributed by atoms with van der Waals surface area (Å²) in [5.74, 6) is 0.566. The number of nitrogens with one attached hydrogen (secondary N) is 1. The van der Waals surface area contributed by atoms with Gasteiger partial charge in [-0.2, -0.15) is 5.10 Å². The minimum Gasteiger partial charge on any atom is -0.455 e. The van der Waals surface area contributed by atoms with Gasteiger partial charge in [-0.15, -0.1) is 0 Å². The van der Waals surface area contributed by atoms with Gasteiger partial charge in [-0.1, -0.05) is 34.8 Å². The van der Waals surface area contributed by atoms with E-state index in [-0.39, 0.29) is 5.91 Å². The van der Waals surface area contributed by atoms with Crippen LogP contribution in [0.2, 0.25) is 15.1 Å².